The smallest absolute Gasteiger partial charge is 0.308 e. The maximum Gasteiger partial charge on any atom is 0.308 e. The Morgan fingerprint density at radius 2 is 2.21 bits per heavy atom. The molecule has 1 amide bonds. The molecule has 5 nitrogen and oxygen atoms in total. The summed E-state index contributed by atoms with van der Waals surface area (Å²) < 4.78 is 13.1. The average molecular weight is 266 g/mol. The molecule has 1 aliphatic heterocycles. The first-order valence-corrected chi connectivity index (χ1v) is 6.15. The van der Waals surface area contributed by atoms with Crippen molar-refractivity contribution in [2.24, 2.45) is 5.92 Å². The summed E-state index contributed by atoms with van der Waals surface area (Å²) in [5, 5.41) is 9.11. The van der Waals surface area contributed by atoms with Gasteiger partial charge in [-0.3, -0.25) is 14.6 Å². The number of hydrogen-bond donors (Lipinski definition) is 1. The normalized spacial score (nSPS) is 23.2. The van der Waals surface area contributed by atoms with Crippen LogP contribution in [0.15, 0.2) is 18.5 Å². The van der Waals surface area contributed by atoms with Crippen LogP contribution in [0.25, 0.3) is 0 Å². The molecule has 2 rings (SSSR count). The van der Waals surface area contributed by atoms with Crippen molar-refractivity contribution in [1.29, 1.82) is 0 Å². The zero-order chi connectivity index (χ0) is 14.0. The number of hydrogen-bond acceptors (Lipinski definition) is 3. The summed E-state index contributed by atoms with van der Waals surface area (Å²) in [6.45, 7) is 2.20. The lowest BCUT2D eigenvalue weighted by atomic mass is 9.90. The van der Waals surface area contributed by atoms with Gasteiger partial charge in [0.2, 0.25) is 0 Å². The van der Waals surface area contributed by atoms with Crippen molar-refractivity contribution in [2.75, 3.05) is 6.54 Å². The molecule has 1 aliphatic rings. The number of halogens is 1. The van der Waals surface area contributed by atoms with Gasteiger partial charge in [-0.1, -0.05) is 0 Å². The van der Waals surface area contributed by atoms with Gasteiger partial charge in [0.25, 0.3) is 5.91 Å². The predicted octanol–water partition coefficient (Wildman–Crippen LogP) is 1.55. The van der Waals surface area contributed by atoms with Crippen LogP contribution in [0.4, 0.5) is 4.39 Å². The van der Waals surface area contributed by atoms with Crippen molar-refractivity contribution in [1.82, 2.24) is 9.88 Å². The molecule has 0 unspecified atom stereocenters. The molecule has 19 heavy (non-hydrogen) atoms. The summed E-state index contributed by atoms with van der Waals surface area (Å²) in [5.41, 5.74) is 0.151. The molecule has 0 saturated carbocycles. The van der Waals surface area contributed by atoms with E-state index in [4.69, 9.17) is 5.11 Å². The van der Waals surface area contributed by atoms with Crippen LogP contribution in [0.1, 0.15) is 30.1 Å². The number of amides is 1. The Kier molecular flexibility index (Phi) is 3.78. The third-order valence-corrected chi connectivity index (χ3v) is 3.52. The molecule has 102 valence electrons. The molecular formula is C13H15FN2O3. The van der Waals surface area contributed by atoms with Crippen molar-refractivity contribution in [2.45, 2.75) is 25.8 Å². The highest BCUT2D eigenvalue weighted by molar-refractivity contribution is 5.94. The standard InChI is InChI=1S/C13H15FN2O3/c1-8-11(13(18)19)3-2-4-16(8)12(17)9-5-10(14)7-15-6-9/h5-8,11H,2-4H2,1H3,(H,18,19)/t8-,11-/m1/s1. The van der Waals surface area contributed by atoms with Gasteiger partial charge in [0.15, 0.2) is 0 Å². The Morgan fingerprint density at radius 1 is 1.47 bits per heavy atom. The Labute approximate surface area is 110 Å². The molecule has 1 aromatic heterocycles. The summed E-state index contributed by atoms with van der Waals surface area (Å²) in [6.07, 6.45) is 3.51. The lowest BCUT2D eigenvalue weighted by Crippen LogP contribution is -2.49. The zero-order valence-electron chi connectivity index (χ0n) is 10.5. The first-order chi connectivity index (χ1) is 9.00. The van der Waals surface area contributed by atoms with Crippen LogP contribution >= 0.6 is 0 Å². The van der Waals surface area contributed by atoms with E-state index in [1.807, 2.05) is 0 Å². The largest absolute Gasteiger partial charge is 0.481 e. The van der Waals surface area contributed by atoms with Crippen molar-refractivity contribution >= 4 is 11.9 Å². The first-order valence-electron chi connectivity index (χ1n) is 6.15. The van der Waals surface area contributed by atoms with Crippen molar-refractivity contribution in [3.05, 3.63) is 29.8 Å². The summed E-state index contributed by atoms with van der Waals surface area (Å²) in [6, 6.07) is 0.717. The number of pyridine rings is 1. The van der Waals surface area contributed by atoms with Crippen LogP contribution in [0, 0.1) is 11.7 Å². The second-order valence-corrected chi connectivity index (χ2v) is 4.72. The van der Waals surface area contributed by atoms with Crippen LogP contribution in [0.3, 0.4) is 0 Å². The quantitative estimate of drug-likeness (QED) is 0.881. The Balaban J connectivity index is 2.21. The van der Waals surface area contributed by atoms with E-state index >= 15 is 0 Å². The topological polar surface area (TPSA) is 70.5 Å². The summed E-state index contributed by atoms with van der Waals surface area (Å²) in [4.78, 5) is 28.5. The van der Waals surface area contributed by atoms with E-state index in [2.05, 4.69) is 4.98 Å². The Morgan fingerprint density at radius 3 is 2.84 bits per heavy atom. The maximum atomic E-state index is 13.1. The van der Waals surface area contributed by atoms with Crippen LogP contribution in [0.5, 0.6) is 0 Å². The number of aliphatic carboxylic acids is 1. The summed E-state index contributed by atoms with van der Waals surface area (Å²) >= 11 is 0. The number of aromatic nitrogens is 1. The third kappa shape index (κ3) is 2.72. The van der Waals surface area contributed by atoms with E-state index in [1.165, 1.54) is 11.1 Å². The molecule has 1 aromatic rings. The molecule has 0 radical (unpaired) electrons. The summed E-state index contributed by atoms with van der Waals surface area (Å²) in [7, 11) is 0. The van der Waals surface area contributed by atoms with Crippen LogP contribution < -0.4 is 0 Å². The molecule has 0 spiro atoms. The van der Waals surface area contributed by atoms with Gasteiger partial charge >= 0.3 is 5.97 Å². The minimum absolute atomic E-state index is 0.151. The zero-order valence-corrected chi connectivity index (χ0v) is 10.5. The molecule has 0 aromatic carbocycles. The number of likely N-dealkylation sites (tertiary alicyclic amines) is 1. The van der Waals surface area contributed by atoms with Crippen molar-refractivity contribution in [3.8, 4) is 0 Å². The molecule has 0 bridgehead atoms. The van der Waals surface area contributed by atoms with Gasteiger partial charge in [-0.25, -0.2) is 4.39 Å². The van der Waals surface area contributed by atoms with Crippen molar-refractivity contribution in [3.63, 3.8) is 0 Å². The van der Waals surface area contributed by atoms with Crippen LogP contribution in [-0.4, -0.2) is 39.5 Å². The molecule has 1 fully saturated rings. The lowest BCUT2D eigenvalue weighted by molar-refractivity contribution is -0.144. The number of carbonyl (C=O) groups excluding carboxylic acids is 1. The number of carboxylic acids is 1. The lowest BCUT2D eigenvalue weighted by Gasteiger charge is -2.37. The Bertz CT molecular complexity index is 506. The Hall–Kier alpha value is -1.98. The van der Waals surface area contributed by atoms with Gasteiger partial charge in [-0.15, -0.1) is 0 Å². The van der Waals surface area contributed by atoms with Gasteiger partial charge in [-0.05, 0) is 25.8 Å². The van der Waals surface area contributed by atoms with E-state index in [9.17, 15) is 14.0 Å². The van der Waals surface area contributed by atoms with E-state index in [0.29, 0.717) is 19.4 Å². The number of carboxylic acid groups (broad SMARTS) is 1. The van der Waals surface area contributed by atoms with E-state index in [1.54, 1.807) is 6.92 Å². The molecule has 6 heteroatoms. The van der Waals surface area contributed by atoms with E-state index in [-0.39, 0.29) is 11.5 Å². The van der Waals surface area contributed by atoms with Gasteiger partial charge in [0.05, 0.1) is 17.7 Å². The van der Waals surface area contributed by atoms with E-state index < -0.39 is 23.7 Å². The molecule has 2 heterocycles. The maximum absolute atomic E-state index is 13.1. The van der Waals surface area contributed by atoms with Crippen molar-refractivity contribution < 1.29 is 19.1 Å². The minimum Gasteiger partial charge on any atom is -0.481 e. The highest BCUT2D eigenvalue weighted by Crippen LogP contribution is 2.25. The molecular weight excluding hydrogens is 251 g/mol. The molecule has 2 atom stereocenters. The first kappa shape index (κ1) is 13.5. The predicted molar refractivity (Wildman–Crippen MR) is 65.1 cm³/mol. The molecule has 1 N–H and O–H groups in total. The van der Waals surface area contributed by atoms with Crippen LogP contribution in [0.2, 0.25) is 0 Å². The van der Waals surface area contributed by atoms with E-state index in [0.717, 1.165) is 12.3 Å². The summed E-state index contributed by atoms with van der Waals surface area (Å²) in [5.74, 6) is -2.42. The monoisotopic (exact) mass is 266 g/mol. The fourth-order valence-electron chi connectivity index (χ4n) is 2.45. The fourth-order valence-corrected chi connectivity index (χ4v) is 2.45. The van der Waals surface area contributed by atoms with Gasteiger partial charge in [-0.2, -0.15) is 0 Å². The van der Waals surface area contributed by atoms with Crippen LogP contribution in [-0.2, 0) is 4.79 Å². The fraction of sp³-hybridized carbons (Fsp3) is 0.462. The van der Waals surface area contributed by atoms with Gasteiger partial charge in [0, 0.05) is 18.8 Å². The number of carbonyl (C=O) groups is 2. The second kappa shape index (κ2) is 5.34. The average Bonchev–Trinajstić information content (AvgIpc) is 2.38. The van der Waals surface area contributed by atoms with Gasteiger partial charge < -0.3 is 10.0 Å². The number of nitrogens with zero attached hydrogens (tertiary/aromatic N) is 2. The molecule has 0 aliphatic carbocycles. The SMILES string of the molecule is C[C@@H]1[C@H](C(=O)O)CCCN1C(=O)c1cncc(F)c1. The minimum atomic E-state index is -0.901. The number of rotatable bonds is 2. The number of piperidine rings is 1. The van der Waals surface area contributed by atoms with Gasteiger partial charge in [0.1, 0.15) is 5.82 Å². The highest BCUT2D eigenvalue weighted by atomic mass is 19.1. The molecule has 1 saturated heterocycles. The third-order valence-electron chi connectivity index (χ3n) is 3.52. The highest BCUT2D eigenvalue weighted by Gasteiger charge is 2.35. The second-order valence-electron chi connectivity index (χ2n) is 4.72.